The summed E-state index contributed by atoms with van der Waals surface area (Å²) in [6.45, 7) is 1.56. The average Bonchev–Trinajstić information content (AvgIpc) is 2.38. The van der Waals surface area contributed by atoms with Crippen molar-refractivity contribution in [1.82, 2.24) is 4.90 Å². The van der Waals surface area contributed by atoms with Crippen LogP contribution in [0.1, 0.15) is 12.8 Å². The van der Waals surface area contributed by atoms with Crippen LogP contribution < -0.4 is 0 Å². The highest BCUT2D eigenvalue weighted by atomic mass is 16.5. The van der Waals surface area contributed by atoms with E-state index in [-0.39, 0.29) is 0 Å². The van der Waals surface area contributed by atoms with Crippen molar-refractivity contribution < 1.29 is 9.47 Å². The Hall–Kier alpha value is -0.120. The van der Waals surface area contributed by atoms with Crippen LogP contribution in [0.4, 0.5) is 0 Å². The zero-order valence-corrected chi connectivity index (χ0v) is 7.95. The number of methoxy groups -OCH3 is 2. The molecule has 0 amide bonds. The van der Waals surface area contributed by atoms with E-state index in [0.29, 0.717) is 12.1 Å². The smallest absolute Gasteiger partial charge is 0.0594 e. The Labute approximate surface area is 74.6 Å². The minimum Gasteiger partial charge on any atom is -0.450 e. The highest BCUT2D eigenvalue weighted by Crippen LogP contribution is 2.23. The van der Waals surface area contributed by atoms with E-state index in [1.54, 1.807) is 14.2 Å². The minimum absolute atomic E-state index is 0.482. The molecule has 1 saturated heterocycles. The van der Waals surface area contributed by atoms with Crippen molar-refractivity contribution in [2.75, 3.05) is 27.4 Å². The van der Waals surface area contributed by atoms with E-state index in [2.05, 4.69) is 11.9 Å². The summed E-state index contributed by atoms with van der Waals surface area (Å²) in [7, 11) is 7.48. The maximum absolute atomic E-state index is 5.10. The largest absolute Gasteiger partial charge is 0.450 e. The van der Waals surface area contributed by atoms with E-state index in [4.69, 9.17) is 9.47 Å². The molecule has 72 valence electrons. The van der Waals surface area contributed by atoms with Crippen molar-refractivity contribution in [3.8, 4) is 0 Å². The Bertz CT molecular complexity index is 116. The average molecular weight is 172 g/mol. The van der Waals surface area contributed by atoms with E-state index in [1.807, 2.05) is 0 Å². The molecule has 1 aliphatic heterocycles. The van der Waals surface area contributed by atoms with Crippen molar-refractivity contribution in [2.45, 2.75) is 24.9 Å². The van der Waals surface area contributed by atoms with Gasteiger partial charge in [-0.2, -0.15) is 0 Å². The molecule has 1 rings (SSSR count). The van der Waals surface area contributed by atoms with Crippen LogP contribution in [-0.2, 0) is 9.47 Å². The number of ether oxygens (including phenoxy) is 2. The second kappa shape index (κ2) is 4.80. The monoisotopic (exact) mass is 172 g/mol. The molecule has 0 aromatic heterocycles. The van der Waals surface area contributed by atoms with Gasteiger partial charge in [-0.1, -0.05) is 0 Å². The topological polar surface area (TPSA) is 21.7 Å². The Balaban J connectivity index is 2.32. The summed E-state index contributed by atoms with van der Waals surface area (Å²) in [6, 6.07) is 0.963. The van der Waals surface area contributed by atoms with Crippen LogP contribution in [0.3, 0.4) is 0 Å². The van der Waals surface area contributed by atoms with Crippen LogP contribution in [0.2, 0.25) is 0 Å². The fourth-order valence-corrected chi connectivity index (χ4v) is 1.76. The molecule has 0 radical (unpaired) electrons. The fourth-order valence-electron chi connectivity index (χ4n) is 1.76. The van der Waals surface area contributed by atoms with Crippen LogP contribution in [-0.4, -0.2) is 44.4 Å². The molecular formula is C9H18NO2-. The van der Waals surface area contributed by atoms with Gasteiger partial charge in [0, 0.05) is 26.3 Å². The molecule has 0 aromatic rings. The minimum atomic E-state index is 0.482. The summed E-state index contributed by atoms with van der Waals surface area (Å²) in [5, 5.41) is 0. The van der Waals surface area contributed by atoms with Gasteiger partial charge in [0.15, 0.2) is 0 Å². The van der Waals surface area contributed by atoms with Gasteiger partial charge in [0.1, 0.15) is 0 Å². The van der Waals surface area contributed by atoms with Gasteiger partial charge in [0.05, 0.1) is 13.2 Å². The summed E-state index contributed by atoms with van der Waals surface area (Å²) in [5.41, 5.74) is 0. The van der Waals surface area contributed by atoms with Gasteiger partial charge in [-0.3, -0.25) is 7.05 Å². The molecule has 2 atom stereocenters. The second-order valence-corrected chi connectivity index (χ2v) is 3.31. The maximum Gasteiger partial charge on any atom is 0.0594 e. The van der Waals surface area contributed by atoms with E-state index in [0.717, 1.165) is 13.2 Å². The zero-order chi connectivity index (χ0) is 8.97. The van der Waals surface area contributed by atoms with Crippen molar-refractivity contribution >= 4 is 0 Å². The lowest BCUT2D eigenvalue weighted by Crippen LogP contribution is -2.35. The van der Waals surface area contributed by atoms with E-state index >= 15 is 0 Å². The summed E-state index contributed by atoms with van der Waals surface area (Å²) in [4.78, 5) is 2.12. The van der Waals surface area contributed by atoms with Gasteiger partial charge in [0.25, 0.3) is 0 Å². The SMILES string of the molecule is [CH2-]N1[C@@H](COC)CC[C@@H]1COC. The van der Waals surface area contributed by atoms with Gasteiger partial charge in [-0.15, -0.1) is 0 Å². The molecule has 0 spiro atoms. The summed E-state index contributed by atoms with van der Waals surface area (Å²) < 4.78 is 10.2. The number of hydrogen-bond donors (Lipinski definition) is 0. The van der Waals surface area contributed by atoms with Crippen molar-refractivity contribution in [3.05, 3.63) is 7.05 Å². The molecule has 3 heteroatoms. The van der Waals surface area contributed by atoms with E-state index < -0.39 is 0 Å². The molecule has 0 N–H and O–H groups in total. The third-order valence-electron chi connectivity index (χ3n) is 2.49. The quantitative estimate of drug-likeness (QED) is 0.588. The summed E-state index contributed by atoms with van der Waals surface area (Å²) in [6.07, 6.45) is 2.34. The van der Waals surface area contributed by atoms with Crippen molar-refractivity contribution in [3.63, 3.8) is 0 Å². The molecule has 0 aliphatic carbocycles. The zero-order valence-electron chi connectivity index (χ0n) is 7.95. The number of nitrogens with zero attached hydrogens (tertiary/aromatic N) is 1. The third kappa shape index (κ3) is 2.19. The Morgan fingerprint density at radius 2 is 1.58 bits per heavy atom. The van der Waals surface area contributed by atoms with Gasteiger partial charge >= 0.3 is 0 Å². The molecule has 0 saturated carbocycles. The van der Waals surface area contributed by atoms with Crippen LogP contribution in [0.5, 0.6) is 0 Å². The van der Waals surface area contributed by atoms with Crippen LogP contribution in [0, 0.1) is 7.05 Å². The first-order valence-electron chi connectivity index (χ1n) is 4.36. The number of hydrogen-bond acceptors (Lipinski definition) is 3. The Kier molecular flexibility index (Phi) is 3.98. The number of likely N-dealkylation sites (tertiary alicyclic amines) is 1. The molecule has 3 nitrogen and oxygen atoms in total. The lowest BCUT2D eigenvalue weighted by molar-refractivity contribution is 0.0904. The van der Waals surface area contributed by atoms with Crippen LogP contribution >= 0.6 is 0 Å². The van der Waals surface area contributed by atoms with E-state index in [9.17, 15) is 0 Å². The predicted octanol–water partition coefficient (Wildman–Crippen LogP) is 0.904. The molecule has 12 heavy (non-hydrogen) atoms. The van der Waals surface area contributed by atoms with Gasteiger partial charge in [-0.25, -0.2) is 0 Å². The lowest BCUT2D eigenvalue weighted by atomic mass is 10.2. The molecule has 0 unspecified atom stereocenters. The predicted molar refractivity (Wildman–Crippen MR) is 47.8 cm³/mol. The summed E-state index contributed by atoms with van der Waals surface area (Å²) >= 11 is 0. The normalized spacial score (nSPS) is 31.2. The van der Waals surface area contributed by atoms with Crippen molar-refractivity contribution in [2.24, 2.45) is 0 Å². The molecule has 1 heterocycles. The molecule has 1 aliphatic rings. The third-order valence-corrected chi connectivity index (χ3v) is 2.49. The Morgan fingerprint density at radius 3 is 1.92 bits per heavy atom. The fraction of sp³-hybridized carbons (Fsp3) is 0.889. The van der Waals surface area contributed by atoms with Crippen molar-refractivity contribution in [1.29, 1.82) is 0 Å². The summed E-state index contributed by atoms with van der Waals surface area (Å²) in [5.74, 6) is 0. The first kappa shape index (κ1) is 9.96. The highest BCUT2D eigenvalue weighted by molar-refractivity contribution is 4.86. The second-order valence-electron chi connectivity index (χ2n) is 3.31. The van der Waals surface area contributed by atoms with Crippen LogP contribution in [0.25, 0.3) is 0 Å². The first-order valence-corrected chi connectivity index (χ1v) is 4.36. The highest BCUT2D eigenvalue weighted by Gasteiger charge is 2.25. The lowest BCUT2D eigenvalue weighted by Gasteiger charge is -2.32. The molecule has 0 aromatic carbocycles. The first-order chi connectivity index (χ1) is 5.79. The van der Waals surface area contributed by atoms with E-state index in [1.165, 1.54) is 12.8 Å². The van der Waals surface area contributed by atoms with Gasteiger partial charge in [-0.05, 0) is 12.8 Å². The van der Waals surface area contributed by atoms with Gasteiger partial charge < -0.3 is 14.4 Å². The number of rotatable bonds is 4. The maximum atomic E-state index is 5.10. The standard InChI is InChI=1S/C9H18NO2/c1-10-8(6-11-2)4-5-9(10)7-12-3/h8-9H,1,4-7H2,2-3H3/q-1/t8-,9-/m1/s1. The molecular weight excluding hydrogens is 154 g/mol. The molecule has 0 bridgehead atoms. The Morgan fingerprint density at radius 1 is 1.17 bits per heavy atom. The van der Waals surface area contributed by atoms with Gasteiger partial charge in [0.2, 0.25) is 0 Å². The molecule has 1 fully saturated rings. The van der Waals surface area contributed by atoms with Crippen LogP contribution in [0.15, 0.2) is 0 Å².